The summed E-state index contributed by atoms with van der Waals surface area (Å²) in [6.07, 6.45) is 1.85. The number of carbonyl (C=O) groups is 1. The SMILES string of the molecule is COC(=O)CC(NCc1ccccc1)c1ccco1. The van der Waals surface area contributed by atoms with Crippen molar-refractivity contribution in [3.8, 4) is 0 Å². The van der Waals surface area contributed by atoms with Gasteiger partial charge in [-0.05, 0) is 17.7 Å². The molecule has 1 unspecified atom stereocenters. The predicted octanol–water partition coefficient (Wildman–Crippen LogP) is 2.67. The highest BCUT2D eigenvalue weighted by Crippen LogP contribution is 2.18. The standard InChI is InChI=1S/C15H17NO3/c1-18-15(17)10-13(14-8-5-9-19-14)16-11-12-6-3-2-4-7-12/h2-9,13,16H,10-11H2,1H3. The molecule has 2 rings (SSSR count). The molecule has 0 bridgehead atoms. The summed E-state index contributed by atoms with van der Waals surface area (Å²) < 4.78 is 10.1. The van der Waals surface area contributed by atoms with Gasteiger partial charge in [-0.3, -0.25) is 4.79 Å². The van der Waals surface area contributed by atoms with E-state index in [0.29, 0.717) is 6.54 Å². The Kier molecular flexibility index (Phi) is 4.75. The number of nitrogens with one attached hydrogen (secondary N) is 1. The number of esters is 1. The maximum atomic E-state index is 11.4. The average Bonchev–Trinajstić information content (AvgIpc) is 2.98. The van der Waals surface area contributed by atoms with Crippen LogP contribution in [0.25, 0.3) is 0 Å². The predicted molar refractivity (Wildman–Crippen MR) is 71.4 cm³/mol. The Bertz CT molecular complexity index is 493. The van der Waals surface area contributed by atoms with Crippen molar-refractivity contribution in [2.24, 2.45) is 0 Å². The second kappa shape index (κ2) is 6.75. The van der Waals surface area contributed by atoms with E-state index in [9.17, 15) is 4.79 Å². The Balaban J connectivity index is 2.00. The highest BCUT2D eigenvalue weighted by molar-refractivity contribution is 5.70. The van der Waals surface area contributed by atoms with Gasteiger partial charge in [-0.15, -0.1) is 0 Å². The molecule has 0 spiro atoms. The van der Waals surface area contributed by atoms with Crippen molar-refractivity contribution < 1.29 is 13.9 Å². The first-order valence-corrected chi connectivity index (χ1v) is 6.17. The lowest BCUT2D eigenvalue weighted by Gasteiger charge is -2.15. The van der Waals surface area contributed by atoms with Crippen LogP contribution in [0.1, 0.15) is 23.8 Å². The normalized spacial score (nSPS) is 12.1. The number of furan rings is 1. The Morgan fingerprint density at radius 3 is 2.68 bits per heavy atom. The summed E-state index contributed by atoms with van der Waals surface area (Å²) in [5.41, 5.74) is 1.16. The minimum atomic E-state index is -0.262. The van der Waals surface area contributed by atoms with E-state index in [2.05, 4.69) is 5.32 Å². The highest BCUT2D eigenvalue weighted by Gasteiger charge is 2.18. The summed E-state index contributed by atoms with van der Waals surface area (Å²) in [5, 5.41) is 3.31. The number of hydrogen-bond donors (Lipinski definition) is 1. The molecule has 0 aliphatic heterocycles. The molecule has 1 atom stereocenters. The van der Waals surface area contributed by atoms with Gasteiger partial charge in [0.1, 0.15) is 5.76 Å². The second-order valence-electron chi connectivity index (χ2n) is 4.21. The summed E-state index contributed by atoms with van der Waals surface area (Å²) in [6.45, 7) is 0.670. The largest absolute Gasteiger partial charge is 0.469 e. The molecular formula is C15H17NO3. The third-order valence-electron chi connectivity index (χ3n) is 2.88. The smallest absolute Gasteiger partial charge is 0.307 e. The lowest BCUT2D eigenvalue weighted by atomic mass is 10.1. The number of rotatable bonds is 6. The second-order valence-corrected chi connectivity index (χ2v) is 4.21. The lowest BCUT2D eigenvalue weighted by molar-refractivity contribution is -0.141. The molecule has 0 aliphatic rings. The number of methoxy groups -OCH3 is 1. The van der Waals surface area contributed by atoms with E-state index >= 15 is 0 Å². The van der Waals surface area contributed by atoms with E-state index < -0.39 is 0 Å². The van der Waals surface area contributed by atoms with E-state index in [-0.39, 0.29) is 18.4 Å². The molecule has 1 N–H and O–H groups in total. The van der Waals surface area contributed by atoms with Gasteiger partial charge in [0, 0.05) is 6.54 Å². The Labute approximate surface area is 112 Å². The maximum absolute atomic E-state index is 11.4. The van der Waals surface area contributed by atoms with E-state index in [4.69, 9.17) is 9.15 Å². The molecule has 0 saturated heterocycles. The van der Waals surface area contributed by atoms with E-state index in [1.807, 2.05) is 42.5 Å². The average molecular weight is 259 g/mol. The fraction of sp³-hybridized carbons (Fsp3) is 0.267. The molecule has 0 fully saturated rings. The first-order valence-electron chi connectivity index (χ1n) is 6.17. The van der Waals surface area contributed by atoms with Crippen LogP contribution >= 0.6 is 0 Å². The quantitative estimate of drug-likeness (QED) is 0.810. The van der Waals surface area contributed by atoms with Crippen molar-refractivity contribution in [3.05, 3.63) is 60.1 Å². The number of ether oxygens (including phenoxy) is 1. The lowest BCUT2D eigenvalue weighted by Crippen LogP contribution is -2.23. The molecule has 0 saturated carbocycles. The van der Waals surface area contributed by atoms with Gasteiger partial charge in [0.15, 0.2) is 0 Å². The van der Waals surface area contributed by atoms with Gasteiger partial charge in [0.05, 0.1) is 25.8 Å². The molecule has 100 valence electrons. The monoisotopic (exact) mass is 259 g/mol. The van der Waals surface area contributed by atoms with Crippen LogP contribution in [-0.2, 0) is 16.1 Å². The minimum absolute atomic E-state index is 0.178. The molecule has 2 aromatic rings. The molecule has 1 heterocycles. The molecule has 4 heteroatoms. The number of carbonyl (C=O) groups excluding carboxylic acids is 1. The highest BCUT2D eigenvalue weighted by atomic mass is 16.5. The fourth-order valence-electron chi connectivity index (χ4n) is 1.85. The van der Waals surface area contributed by atoms with Crippen LogP contribution in [-0.4, -0.2) is 13.1 Å². The van der Waals surface area contributed by atoms with Crippen LogP contribution in [0.4, 0.5) is 0 Å². The van der Waals surface area contributed by atoms with Gasteiger partial charge in [0.2, 0.25) is 0 Å². The summed E-state index contributed by atoms with van der Waals surface area (Å²) in [5.74, 6) is 0.475. The van der Waals surface area contributed by atoms with Gasteiger partial charge in [-0.1, -0.05) is 30.3 Å². The summed E-state index contributed by atoms with van der Waals surface area (Å²) in [6, 6.07) is 13.5. The molecule has 4 nitrogen and oxygen atoms in total. The third-order valence-corrected chi connectivity index (χ3v) is 2.88. The Hall–Kier alpha value is -2.07. The van der Waals surface area contributed by atoms with Crippen molar-refractivity contribution in [2.45, 2.75) is 19.0 Å². The van der Waals surface area contributed by atoms with Gasteiger partial charge < -0.3 is 14.5 Å². The van der Waals surface area contributed by atoms with Crippen LogP contribution in [0.3, 0.4) is 0 Å². The van der Waals surface area contributed by atoms with E-state index in [1.54, 1.807) is 6.26 Å². The van der Waals surface area contributed by atoms with Crippen molar-refractivity contribution >= 4 is 5.97 Å². The first-order chi connectivity index (χ1) is 9.29. The Morgan fingerprint density at radius 1 is 1.26 bits per heavy atom. The summed E-state index contributed by atoms with van der Waals surface area (Å²) >= 11 is 0. The first kappa shape index (κ1) is 13.4. The maximum Gasteiger partial charge on any atom is 0.307 e. The topological polar surface area (TPSA) is 51.5 Å². The summed E-state index contributed by atoms with van der Waals surface area (Å²) in [7, 11) is 1.39. The van der Waals surface area contributed by atoms with Crippen molar-refractivity contribution in [1.82, 2.24) is 5.32 Å². The van der Waals surface area contributed by atoms with Crippen molar-refractivity contribution in [1.29, 1.82) is 0 Å². The van der Waals surface area contributed by atoms with Gasteiger partial charge in [0.25, 0.3) is 0 Å². The zero-order chi connectivity index (χ0) is 13.5. The minimum Gasteiger partial charge on any atom is -0.469 e. The molecule has 1 aromatic carbocycles. The third kappa shape index (κ3) is 3.96. The van der Waals surface area contributed by atoms with Crippen LogP contribution < -0.4 is 5.32 Å². The number of hydrogen-bond acceptors (Lipinski definition) is 4. The van der Waals surface area contributed by atoms with Crippen molar-refractivity contribution in [2.75, 3.05) is 7.11 Å². The zero-order valence-electron chi connectivity index (χ0n) is 10.8. The van der Waals surface area contributed by atoms with Crippen LogP contribution in [0.2, 0.25) is 0 Å². The Morgan fingerprint density at radius 2 is 2.05 bits per heavy atom. The summed E-state index contributed by atoms with van der Waals surface area (Å²) in [4.78, 5) is 11.4. The molecule has 0 amide bonds. The van der Waals surface area contributed by atoms with Gasteiger partial charge in [-0.2, -0.15) is 0 Å². The zero-order valence-corrected chi connectivity index (χ0v) is 10.8. The van der Waals surface area contributed by atoms with Gasteiger partial charge >= 0.3 is 5.97 Å². The van der Waals surface area contributed by atoms with Gasteiger partial charge in [-0.25, -0.2) is 0 Å². The number of benzene rings is 1. The molecule has 1 aromatic heterocycles. The molecule has 0 aliphatic carbocycles. The fourth-order valence-corrected chi connectivity index (χ4v) is 1.85. The van der Waals surface area contributed by atoms with Crippen LogP contribution in [0.5, 0.6) is 0 Å². The van der Waals surface area contributed by atoms with Crippen molar-refractivity contribution in [3.63, 3.8) is 0 Å². The van der Waals surface area contributed by atoms with Crippen LogP contribution in [0, 0.1) is 0 Å². The van der Waals surface area contributed by atoms with Crippen LogP contribution in [0.15, 0.2) is 53.1 Å². The molecule has 0 radical (unpaired) electrons. The van der Waals surface area contributed by atoms with E-state index in [0.717, 1.165) is 11.3 Å². The molecule has 19 heavy (non-hydrogen) atoms. The molecular weight excluding hydrogens is 242 g/mol. The van der Waals surface area contributed by atoms with E-state index in [1.165, 1.54) is 7.11 Å².